The largest absolute Gasteiger partial charge is 0.313 e. The quantitative estimate of drug-likeness (QED) is 0.806. The van der Waals surface area contributed by atoms with Crippen LogP contribution in [0.15, 0.2) is 0 Å². The van der Waals surface area contributed by atoms with Crippen LogP contribution in [0, 0.1) is 5.41 Å². The summed E-state index contributed by atoms with van der Waals surface area (Å²) >= 11 is 0. The molecule has 3 heteroatoms. The highest BCUT2D eigenvalue weighted by atomic mass is 15.2. The van der Waals surface area contributed by atoms with E-state index in [1.165, 1.54) is 38.8 Å². The number of hydrogen-bond donors (Lipinski definition) is 1. The average Bonchev–Trinajstić information content (AvgIpc) is 2.71. The van der Waals surface area contributed by atoms with E-state index >= 15 is 0 Å². The van der Waals surface area contributed by atoms with E-state index in [1.807, 2.05) is 0 Å². The van der Waals surface area contributed by atoms with Crippen LogP contribution in [0.3, 0.4) is 0 Å². The van der Waals surface area contributed by atoms with E-state index in [0.29, 0.717) is 5.41 Å². The maximum Gasteiger partial charge on any atom is 0.0111 e. The van der Waals surface area contributed by atoms with Crippen LogP contribution in [0.5, 0.6) is 0 Å². The average molecular weight is 253 g/mol. The molecule has 2 saturated heterocycles. The summed E-state index contributed by atoms with van der Waals surface area (Å²) in [7, 11) is 4.33. The Morgan fingerprint density at radius 3 is 2.72 bits per heavy atom. The summed E-state index contributed by atoms with van der Waals surface area (Å²) in [6, 6.07) is 1.64. The minimum Gasteiger partial charge on any atom is -0.313 e. The first-order chi connectivity index (χ1) is 8.46. The van der Waals surface area contributed by atoms with Gasteiger partial charge in [0, 0.05) is 25.2 Å². The SMILES string of the molecule is CN(C)CC(C)(C)CNC1CCN2CCCC2C1. The van der Waals surface area contributed by atoms with E-state index in [4.69, 9.17) is 0 Å². The van der Waals surface area contributed by atoms with Gasteiger partial charge in [-0.05, 0) is 58.3 Å². The third kappa shape index (κ3) is 3.94. The first-order valence-corrected chi connectivity index (χ1v) is 7.58. The summed E-state index contributed by atoms with van der Waals surface area (Å²) in [4.78, 5) is 4.99. The summed E-state index contributed by atoms with van der Waals surface area (Å²) in [5, 5.41) is 3.83. The second-order valence-electron chi connectivity index (χ2n) is 7.34. The maximum atomic E-state index is 3.83. The molecule has 2 aliphatic rings. The zero-order chi connectivity index (χ0) is 13.2. The van der Waals surface area contributed by atoms with Crippen LogP contribution in [0.4, 0.5) is 0 Å². The maximum absolute atomic E-state index is 3.83. The van der Waals surface area contributed by atoms with Crippen molar-refractivity contribution in [1.82, 2.24) is 15.1 Å². The molecule has 0 radical (unpaired) electrons. The van der Waals surface area contributed by atoms with Gasteiger partial charge in [0.2, 0.25) is 0 Å². The van der Waals surface area contributed by atoms with Gasteiger partial charge in [-0.25, -0.2) is 0 Å². The third-order valence-corrected chi connectivity index (χ3v) is 4.43. The van der Waals surface area contributed by atoms with Gasteiger partial charge in [-0.3, -0.25) is 0 Å². The molecule has 18 heavy (non-hydrogen) atoms. The van der Waals surface area contributed by atoms with Crippen molar-refractivity contribution in [3.63, 3.8) is 0 Å². The van der Waals surface area contributed by atoms with Crippen molar-refractivity contribution in [3.8, 4) is 0 Å². The van der Waals surface area contributed by atoms with Gasteiger partial charge in [-0.1, -0.05) is 13.8 Å². The van der Waals surface area contributed by atoms with Crippen molar-refractivity contribution < 1.29 is 0 Å². The predicted octanol–water partition coefficient (Wildman–Crippen LogP) is 1.79. The van der Waals surface area contributed by atoms with E-state index < -0.39 is 0 Å². The molecule has 0 amide bonds. The number of nitrogens with one attached hydrogen (secondary N) is 1. The Morgan fingerprint density at radius 2 is 2.00 bits per heavy atom. The second-order valence-corrected chi connectivity index (χ2v) is 7.34. The van der Waals surface area contributed by atoms with Crippen molar-refractivity contribution in [1.29, 1.82) is 0 Å². The zero-order valence-electron chi connectivity index (χ0n) is 12.7. The molecular formula is C15H31N3. The van der Waals surface area contributed by atoms with E-state index in [0.717, 1.165) is 25.2 Å². The summed E-state index contributed by atoms with van der Waals surface area (Å²) in [6.45, 7) is 9.69. The van der Waals surface area contributed by atoms with Crippen LogP contribution < -0.4 is 5.32 Å². The van der Waals surface area contributed by atoms with Gasteiger partial charge < -0.3 is 15.1 Å². The molecule has 3 nitrogen and oxygen atoms in total. The Morgan fingerprint density at radius 1 is 1.22 bits per heavy atom. The monoisotopic (exact) mass is 253 g/mol. The molecule has 0 bridgehead atoms. The molecule has 1 N–H and O–H groups in total. The highest BCUT2D eigenvalue weighted by molar-refractivity contribution is 4.90. The molecule has 2 aliphatic heterocycles. The smallest absolute Gasteiger partial charge is 0.0111 e. The molecule has 2 rings (SSSR count). The summed E-state index contributed by atoms with van der Waals surface area (Å²) in [6.07, 6.45) is 5.56. The second kappa shape index (κ2) is 5.89. The van der Waals surface area contributed by atoms with Crippen molar-refractivity contribution in [2.75, 3.05) is 40.3 Å². The lowest BCUT2D eigenvalue weighted by Gasteiger charge is -2.37. The van der Waals surface area contributed by atoms with Crippen molar-refractivity contribution in [3.05, 3.63) is 0 Å². The van der Waals surface area contributed by atoms with Gasteiger partial charge in [0.15, 0.2) is 0 Å². The van der Waals surface area contributed by atoms with Crippen molar-refractivity contribution in [2.45, 2.75) is 51.6 Å². The molecule has 0 saturated carbocycles. The molecule has 2 heterocycles. The van der Waals surface area contributed by atoms with Crippen LogP contribution >= 0.6 is 0 Å². The fraction of sp³-hybridized carbons (Fsp3) is 1.00. The van der Waals surface area contributed by atoms with E-state index in [9.17, 15) is 0 Å². The van der Waals surface area contributed by atoms with Crippen molar-refractivity contribution >= 4 is 0 Å². The van der Waals surface area contributed by atoms with Gasteiger partial charge in [0.1, 0.15) is 0 Å². The van der Waals surface area contributed by atoms with Gasteiger partial charge in [-0.15, -0.1) is 0 Å². The van der Waals surface area contributed by atoms with Crippen LogP contribution in [-0.4, -0.2) is 62.2 Å². The van der Waals surface area contributed by atoms with Crippen LogP contribution in [-0.2, 0) is 0 Å². The number of nitrogens with zero attached hydrogens (tertiary/aromatic N) is 2. The summed E-state index contributed by atoms with van der Waals surface area (Å²) in [5.74, 6) is 0. The lowest BCUT2D eigenvalue weighted by atomic mass is 9.91. The number of piperidine rings is 1. The molecule has 2 fully saturated rings. The van der Waals surface area contributed by atoms with Crippen LogP contribution in [0.1, 0.15) is 39.5 Å². The molecule has 0 aromatic rings. The van der Waals surface area contributed by atoms with Gasteiger partial charge in [-0.2, -0.15) is 0 Å². The highest BCUT2D eigenvalue weighted by Crippen LogP contribution is 2.27. The highest BCUT2D eigenvalue weighted by Gasteiger charge is 2.32. The lowest BCUT2D eigenvalue weighted by Crippen LogP contribution is -2.48. The first-order valence-electron chi connectivity index (χ1n) is 7.58. The Balaban J connectivity index is 1.73. The minimum absolute atomic E-state index is 0.371. The number of fused-ring (bicyclic) bond motifs is 1. The first kappa shape index (κ1) is 14.3. The fourth-order valence-corrected chi connectivity index (χ4v) is 3.74. The molecule has 106 valence electrons. The van der Waals surface area contributed by atoms with E-state index in [2.05, 4.69) is 43.1 Å². The van der Waals surface area contributed by atoms with Gasteiger partial charge in [0.05, 0.1) is 0 Å². The standard InChI is InChI=1S/C15H31N3/c1-15(2,12-17(3)4)11-16-13-7-9-18-8-5-6-14(18)10-13/h13-14,16H,5-12H2,1-4H3. The molecule has 0 aromatic heterocycles. The summed E-state index contributed by atoms with van der Waals surface area (Å²) < 4.78 is 0. The van der Waals surface area contributed by atoms with Crippen LogP contribution in [0.25, 0.3) is 0 Å². The molecule has 2 unspecified atom stereocenters. The summed E-state index contributed by atoms with van der Waals surface area (Å²) in [5.41, 5.74) is 0.371. The molecule has 2 atom stereocenters. The van der Waals surface area contributed by atoms with Gasteiger partial charge >= 0.3 is 0 Å². The predicted molar refractivity (Wildman–Crippen MR) is 78.0 cm³/mol. The topological polar surface area (TPSA) is 18.5 Å². The number of rotatable bonds is 5. The Bertz CT molecular complexity index is 262. The van der Waals surface area contributed by atoms with E-state index in [1.54, 1.807) is 0 Å². The Kier molecular flexibility index (Phi) is 4.68. The number of hydrogen-bond acceptors (Lipinski definition) is 3. The lowest BCUT2D eigenvalue weighted by molar-refractivity contribution is 0.153. The minimum atomic E-state index is 0.371. The molecular weight excluding hydrogens is 222 g/mol. The molecule has 0 spiro atoms. The Labute approximate surface area is 113 Å². The van der Waals surface area contributed by atoms with E-state index in [-0.39, 0.29) is 0 Å². The van der Waals surface area contributed by atoms with Gasteiger partial charge in [0.25, 0.3) is 0 Å². The molecule has 0 aromatic carbocycles. The molecule has 0 aliphatic carbocycles. The Hall–Kier alpha value is -0.120. The zero-order valence-corrected chi connectivity index (χ0v) is 12.7. The normalized spacial score (nSPS) is 29.8. The van der Waals surface area contributed by atoms with Crippen molar-refractivity contribution in [2.24, 2.45) is 5.41 Å². The third-order valence-electron chi connectivity index (χ3n) is 4.43. The fourth-order valence-electron chi connectivity index (χ4n) is 3.74. The van der Waals surface area contributed by atoms with Crippen LogP contribution in [0.2, 0.25) is 0 Å².